The average Bonchev–Trinajstić information content (AvgIpc) is 3.09. The second-order valence-corrected chi connectivity index (χ2v) is 4.91. The molecule has 0 bridgehead atoms. The lowest BCUT2D eigenvalue weighted by Gasteiger charge is -2.12. The summed E-state index contributed by atoms with van der Waals surface area (Å²) in [6.45, 7) is 5.39. The van der Waals surface area contributed by atoms with Crippen LogP contribution in [0, 0.1) is 11.7 Å². The van der Waals surface area contributed by atoms with Crippen molar-refractivity contribution in [3.63, 3.8) is 0 Å². The molecular formula is C13H19FN2O. The van der Waals surface area contributed by atoms with E-state index in [-0.39, 0.29) is 5.82 Å². The first-order valence-corrected chi connectivity index (χ1v) is 6.15. The Labute approximate surface area is 101 Å². The number of pyridine rings is 1. The van der Waals surface area contributed by atoms with Gasteiger partial charge in [0.25, 0.3) is 0 Å². The van der Waals surface area contributed by atoms with E-state index in [1.54, 1.807) is 0 Å². The van der Waals surface area contributed by atoms with Crippen molar-refractivity contribution in [1.82, 2.24) is 10.3 Å². The van der Waals surface area contributed by atoms with E-state index in [2.05, 4.69) is 24.1 Å². The van der Waals surface area contributed by atoms with Crippen molar-refractivity contribution < 1.29 is 9.13 Å². The zero-order valence-corrected chi connectivity index (χ0v) is 10.4. The van der Waals surface area contributed by atoms with Gasteiger partial charge in [-0.05, 0) is 24.8 Å². The zero-order chi connectivity index (χ0) is 12.3. The summed E-state index contributed by atoms with van der Waals surface area (Å²) in [5, 5.41) is 3.25. The van der Waals surface area contributed by atoms with Crippen molar-refractivity contribution in [2.24, 2.45) is 5.92 Å². The van der Waals surface area contributed by atoms with Crippen LogP contribution in [0.4, 0.5) is 4.39 Å². The molecule has 0 aromatic carbocycles. The number of nitrogens with zero attached hydrogens (tertiary/aromatic N) is 1. The van der Waals surface area contributed by atoms with Gasteiger partial charge in [0.1, 0.15) is 5.82 Å². The van der Waals surface area contributed by atoms with Crippen LogP contribution < -0.4 is 10.1 Å². The van der Waals surface area contributed by atoms with Crippen LogP contribution in [0.15, 0.2) is 12.3 Å². The molecule has 0 unspecified atom stereocenters. The summed E-state index contributed by atoms with van der Waals surface area (Å²) in [6, 6.07) is 1.85. The van der Waals surface area contributed by atoms with Crippen molar-refractivity contribution in [2.45, 2.75) is 39.3 Å². The minimum Gasteiger partial charge on any atom is -0.477 e. The molecule has 0 saturated heterocycles. The Morgan fingerprint density at radius 3 is 2.94 bits per heavy atom. The molecule has 1 N–H and O–H groups in total. The quantitative estimate of drug-likeness (QED) is 0.827. The van der Waals surface area contributed by atoms with E-state index in [1.807, 2.05) is 0 Å². The van der Waals surface area contributed by atoms with Crippen molar-refractivity contribution in [3.05, 3.63) is 23.6 Å². The van der Waals surface area contributed by atoms with Crippen LogP contribution >= 0.6 is 0 Å². The Kier molecular flexibility index (Phi) is 3.94. The fourth-order valence-corrected chi connectivity index (χ4v) is 1.52. The van der Waals surface area contributed by atoms with Gasteiger partial charge in [-0.3, -0.25) is 0 Å². The topological polar surface area (TPSA) is 34.2 Å². The molecule has 0 aliphatic heterocycles. The Hall–Kier alpha value is -1.16. The van der Waals surface area contributed by atoms with E-state index < -0.39 is 0 Å². The van der Waals surface area contributed by atoms with Gasteiger partial charge in [-0.1, -0.05) is 13.8 Å². The minimum atomic E-state index is -0.315. The maximum Gasteiger partial charge on any atom is 0.218 e. The molecule has 4 heteroatoms. The molecule has 94 valence electrons. The van der Waals surface area contributed by atoms with Crippen molar-refractivity contribution in [2.75, 3.05) is 6.61 Å². The van der Waals surface area contributed by atoms with Gasteiger partial charge in [0.2, 0.25) is 5.88 Å². The molecule has 3 nitrogen and oxygen atoms in total. The number of rotatable bonds is 6. The zero-order valence-electron chi connectivity index (χ0n) is 10.4. The predicted octanol–water partition coefficient (Wildman–Crippen LogP) is 2.51. The lowest BCUT2D eigenvalue weighted by Crippen LogP contribution is -2.22. The molecule has 0 amide bonds. The molecule has 0 spiro atoms. The van der Waals surface area contributed by atoms with Gasteiger partial charge in [-0.2, -0.15) is 0 Å². The normalized spacial score (nSPS) is 15.3. The highest BCUT2D eigenvalue weighted by Gasteiger charge is 2.22. The second-order valence-electron chi connectivity index (χ2n) is 4.91. The summed E-state index contributed by atoms with van der Waals surface area (Å²) in [4.78, 5) is 4.02. The Morgan fingerprint density at radius 1 is 1.53 bits per heavy atom. The standard InChI is InChI=1S/C13H19FN2O/c1-9(2)15-6-11-5-12(14)7-16-13(11)17-8-10-3-4-10/h5,7,9-10,15H,3-4,6,8H2,1-2H3. The van der Waals surface area contributed by atoms with Crippen molar-refractivity contribution in [1.29, 1.82) is 0 Å². The van der Waals surface area contributed by atoms with Gasteiger partial charge < -0.3 is 10.1 Å². The molecule has 1 aliphatic carbocycles. The summed E-state index contributed by atoms with van der Waals surface area (Å²) in [7, 11) is 0. The van der Waals surface area contributed by atoms with Gasteiger partial charge in [0, 0.05) is 18.2 Å². The van der Waals surface area contributed by atoms with Crippen molar-refractivity contribution >= 4 is 0 Å². The Morgan fingerprint density at radius 2 is 2.29 bits per heavy atom. The maximum atomic E-state index is 13.1. The fraction of sp³-hybridized carbons (Fsp3) is 0.615. The number of nitrogens with one attached hydrogen (secondary N) is 1. The Bertz CT molecular complexity index is 378. The third-order valence-electron chi connectivity index (χ3n) is 2.75. The van der Waals surface area contributed by atoms with Gasteiger partial charge in [-0.15, -0.1) is 0 Å². The number of aromatic nitrogens is 1. The smallest absolute Gasteiger partial charge is 0.218 e. The molecule has 0 radical (unpaired) electrons. The monoisotopic (exact) mass is 238 g/mol. The SMILES string of the molecule is CC(C)NCc1cc(F)cnc1OCC1CC1. The van der Waals surface area contributed by atoms with Crippen LogP contribution in [-0.2, 0) is 6.54 Å². The first kappa shape index (κ1) is 12.3. The van der Waals surface area contributed by atoms with E-state index in [0.29, 0.717) is 31.0 Å². The minimum absolute atomic E-state index is 0.315. The van der Waals surface area contributed by atoms with Crippen LogP contribution in [0.5, 0.6) is 5.88 Å². The molecule has 1 fully saturated rings. The molecule has 1 saturated carbocycles. The van der Waals surface area contributed by atoms with Crippen LogP contribution in [0.2, 0.25) is 0 Å². The number of ether oxygens (including phenoxy) is 1. The van der Waals surface area contributed by atoms with E-state index in [9.17, 15) is 4.39 Å². The predicted molar refractivity (Wildman–Crippen MR) is 64.4 cm³/mol. The van der Waals surface area contributed by atoms with Crippen molar-refractivity contribution in [3.8, 4) is 5.88 Å². The van der Waals surface area contributed by atoms with Crippen LogP contribution in [0.25, 0.3) is 0 Å². The molecule has 1 aromatic heterocycles. The first-order chi connectivity index (χ1) is 8.15. The fourth-order valence-electron chi connectivity index (χ4n) is 1.52. The molecule has 1 aromatic rings. The summed E-state index contributed by atoms with van der Waals surface area (Å²) in [5.74, 6) is 0.920. The summed E-state index contributed by atoms with van der Waals surface area (Å²) in [6.07, 6.45) is 3.68. The molecule has 0 atom stereocenters. The lowest BCUT2D eigenvalue weighted by molar-refractivity contribution is 0.283. The summed E-state index contributed by atoms with van der Waals surface area (Å²) in [5.41, 5.74) is 0.791. The van der Waals surface area contributed by atoms with Crippen LogP contribution in [0.3, 0.4) is 0 Å². The molecular weight excluding hydrogens is 219 g/mol. The third kappa shape index (κ3) is 3.97. The van der Waals surface area contributed by atoms with Gasteiger partial charge in [0.05, 0.1) is 12.8 Å². The molecule has 1 heterocycles. The maximum absolute atomic E-state index is 13.1. The van der Waals surface area contributed by atoms with Crippen LogP contribution in [-0.4, -0.2) is 17.6 Å². The van der Waals surface area contributed by atoms with Crippen LogP contribution in [0.1, 0.15) is 32.3 Å². The summed E-state index contributed by atoms with van der Waals surface area (Å²) >= 11 is 0. The molecule has 1 aliphatic rings. The lowest BCUT2D eigenvalue weighted by atomic mass is 10.2. The summed E-state index contributed by atoms with van der Waals surface area (Å²) < 4.78 is 18.8. The number of hydrogen-bond donors (Lipinski definition) is 1. The van der Waals surface area contributed by atoms with E-state index >= 15 is 0 Å². The van der Waals surface area contributed by atoms with E-state index in [4.69, 9.17) is 4.74 Å². The van der Waals surface area contributed by atoms with E-state index in [0.717, 1.165) is 5.56 Å². The largest absolute Gasteiger partial charge is 0.477 e. The van der Waals surface area contributed by atoms with Gasteiger partial charge in [0.15, 0.2) is 0 Å². The highest BCUT2D eigenvalue weighted by atomic mass is 19.1. The number of halogens is 1. The average molecular weight is 238 g/mol. The molecule has 17 heavy (non-hydrogen) atoms. The second kappa shape index (κ2) is 5.45. The Balaban J connectivity index is 2.00. The third-order valence-corrected chi connectivity index (χ3v) is 2.75. The highest BCUT2D eigenvalue weighted by molar-refractivity contribution is 5.26. The first-order valence-electron chi connectivity index (χ1n) is 6.15. The van der Waals surface area contributed by atoms with Gasteiger partial charge in [-0.25, -0.2) is 9.37 Å². The van der Waals surface area contributed by atoms with E-state index in [1.165, 1.54) is 25.1 Å². The highest BCUT2D eigenvalue weighted by Crippen LogP contribution is 2.29. The molecule has 2 rings (SSSR count). The van der Waals surface area contributed by atoms with Gasteiger partial charge >= 0.3 is 0 Å². The number of hydrogen-bond acceptors (Lipinski definition) is 3.